The summed E-state index contributed by atoms with van der Waals surface area (Å²) in [6, 6.07) is 0. The second-order valence-electron chi connectivity index (χ2n) is 6.10. The van der Waals surface area contributed by atoms with Gasteiger partial charge in [-0.1, -0.05) is 16.6 Å². The van der Waals surface area contributed by atoms with Gasteiger partial charge in [-0.3, -0.25) is 4.57 Å². The van der Waals surface area contributed by atoms with Crippen molar-refractivity contribution in [2.45, 2.75) is 51.9 Å². The summed E-state index contributed by atoms with van der Waals surface area (Å²) >= 11 is 0. The predicted octanol–water partition coefficient (Wildman–Crippen LogP) is -0.0937. The largest absolute Gasteiger partial charge is 0.388 e. The van der Waals surface area contributed by atoms with E-state index in [1.165, 1.54) is 11.9 Å². The number of nitrogen functional groups attached to an aromatic ring is 1. The maximum Gasteiger partial charge on any atom is 0.251 e. The first-order valence-corrected chi connectivity index (χ1v) is 7.55. The minimum absolute atomic E-state index is 0.462. The monoisotopic (exact) mass is 320 g/mol. The molecule has 0 aliphatic carbocycles. The van der Waals surface area contributed by atoms with E-state index in [9.17, 15) is 10.2 Å². The molecule has 8 heteroatoms. The molecule has 2 aromatic heterocycles. The smallest absolute Gasteiger partial charge is 0.251 e. The zero-order valence-corrected chi connectivity index (χ0v) is 13.4. The minimum Gasteiger partial charge on any atom is -0.388 e. The number of ether oxygens (including phenoxy) is 1. The van der Waals surface area contributed by atoms with Gasteiger partial charge in [0.05, 0.1) is 12.6 Å². The average molecular weight is 320 g/mol. The Labute approximate surface area is 133 Å². The van der Waals surface area contributed by atoms with Crippen LogP contribution in [0.2, 0.25) is 0 Å². The number of allylic oxidation sites excluding steroid dienone is 2. The van der Waals surface area contributed by atoms with Crippen LogP contribution in [-0.4, -0.2) is 43.1 Å². The third-order valence-electron chi connectivity index (χ3n) is 4.09. The van der Waals surface area contributed by atoms with Gasteiger partial charge in [0.15, 0.2) is 11.7 Å². The lowest BCUT2D eigenvalue weighted by atomic mass is 10.1. The maximum absolute atomic E-state index is 10.1. The summed E-state index contributed by atoms with van der Waals surface area (Å²) in [7, 11) is 0. The summed E-state index contributed by atoms with van der Waals surface area (Å²) in [6.07, 6.45) is 2.03. The number of aromatic nitrogens is 4. The first kappa shape index (κ1) is 15.9. The van der Waals surface area contributed by atoms with E-state index in [1.54, 1.807) is 22.4 Å². The number of nitrogens with two attached hydrogens (primary N) is 1. The number of rotatable bonds is 3. The molecule has 0 saturated carbocycles. The van der Waals surface area contributed by atoms with Gasteiger partial charge in [-0.2, -0.15) is 0 Å². The van der Waals surface area contributed by atoms with Crippen LogP contribution in [0.4, 0.5) is 5.82 Å². The number of aliphatic hydroxyl groups excluding tert-OH is 2. The molecule has 23 heavy (non-hydrogen) atoms. The summed E-state index contributed by atoms with van der Waals surface area (Å²) in [6.45, 7) is 6.36. The number of aliphatic hydroxyl groups is 2. The van der Waals surface area contributed by atoms with Gasteiger partial charge in [0.2, 0.25) is 12.0 Å². The molecule has 0 aromatic carbocycles. The molecule has 0 unspecified atom stereocenters. The highest BCUT2D eigenvalue weighted by Gasteiger charge is 2.42. The molecule has 0 spiro atoms. The van der Waals surface area contributed by atoms with Crippen molar-refractivity contribution < 1.29 is 19.5 Å². The standard InChI is InChI=1S/C15H21N5O3/c1-8(2)4-5-19-6-18-14-10(13(19)16)17-7-20(14)15-12(22)11(21)9(3)23-15/h4,6-7,9,11-12,15-16,21-22H,5H2,1-3H3/p+1/t9-,11-,12-,15-/m1/s1. The Morgan fingerprint density at radius 3 is 2.74 bits per heavy atom. The van der Waals surface area contributed by atoms with Gasteiger partial charge < -0.3 is 20.7 Å². The van der Waals surface area contributed by atoms with Gasteiger partial charge >= 0.3 is 0 Å². The lowest BCUT2D eigenvalue weighted by Gasteiger charge is -2.15. The Balaban J connectivity index is 1.99. The molecule has 1 aliphatic heterocycles. The normalized spacial score (nSPS) is 27.5. The second-order valence-corrected chi connectivity index (χ2v) is 6.10. The number of fused-ring (bicyclic) bond motifs is 1. The van der Waals surface area contributed by atoms with Crippen molar-refractivity contribution in [3.8, 4) is 0 Å². The van der Waals surface area contributed by atoms with E-state index in [0.717, 1.165) is 0 Å². The Morgan fingerprint density at radius 2 is 2.13 bits per heavy atom. The van der Waals surface area contributed by atoms with Crippen LogP contribution in [0, 0.1) is 0 Å². The van der Waals surface area contributed by atoms with E-state index in [-0.39, 0.29) is 0 Å². The fourth-order valence-electron chi connectivity index (χ4n) is 2.66. The van der Waals surface area contributed by atoms with Crippen LogP contribution in [0.25, 0.3) is 11.2 Å². The lowest BCUT2D eigenvalue weighted by molar-refractivity contribution is -0.674. The van der Waals surface area contributed by atoms with E-state index in [0.29, 0.717) is 23.5 Å². The first-order chi connectivity index (χ1) is 10.9. The van der Waals surface area contributed by atoms with Crippen LogP contribution >= 0.6 is 0 Å². The van der Waals surface area contributed by atoms with Gasteiger partial charge in [-0.15, -0.1) is 0 Å². The van der Waals surface area contributed by atoms with Crippen molar-refractivity contribution in [3.05, 3.63) is 24.3 Å². The molecule has 124 valence electrons. The molecule has 3 rings (SSSR count). The summed E-state index contributed by atoms with van der Waals surface area (Å²) < 4.78 is 9.02. The van der Waals surface area contributed by atoms with Crippen LogP contribution in [0.1, 0.15) is 27.0 Å². The molecule has 0 bridgehead atoms. The molecule has 1 saturated heterocycles. The molecule has 8 nitrogen and oxygen atoms in total. The van der Waals surface area contributed by atoms with Crippen LogP contribution in [0.5, 0.6) is 0 Å². The first-order valence-electron chi connectivity index (χ1n) is 7.55. The number of hydrogen-bond acceptors (Lipinski definition) is 6. The Hall–Kier alpha value is -2.03. The summed E-state index contributed by atoms with van der Waals surface area (Å²) in [5.41, 5.74) is 8.42. The van der Waals surface area contributed by atoms with Crippen LogP contribution in [0.15, 0.2) is 24.3 Å². The zero-order valence-electron chi connectivity index (χ0n) is 13.4. The number of hydrogen-bond donors (Lipinski definition) is 3. The van der Waals surface area contributed by atoms with Gasteiger partial charge in [0.25, 0.3) is 5.82 Å². The minimum atomic E-state index is -1.04. The summed E-state index contributed by atoms with van der Waals surface area (Å²) in [5.74, 6) is 0.493. The molecule has 4 atom stereocenters. The predicted molar refractivity (Wildman–Crippen MR) is 83.2 cm³/mol. The lowest BCUT2D eigenvalue weighted by Crippen LogP contribution is -2.37. The number of nitrogens with zero attached hydrogens (tertiary/aromatic N) is 4. The Kier molecular flexibility index (Phi) is 4.05. The summed E-state index contributed by atoms with van der Waals surface area (Å²) in [5, 5.41) is 20.0. The molecule has 1 aliphatic rings. The third-order valence-corrected chi connectivity index (χ3v) is 4.09. The third kappa shape index (κ3) is 2.69. The highest BCUT2D eigenvalue weighted by molar-refractivity contribution is 5.79. The zero-order chi connectivity index (χ0) is 16.7. The molecular weight excluding hydrogens is 298 g/mol. The fourth-order valence-corrected chi connectivity index (χ4v) is 2.66. The quantitative estimate of drug-likeness (QED) is 0.538. The maximum atomic E-state index is 10.1. The van der Waals surface area contributed by atoms with E-state index in [1.807, 2.05) is 19.9 Å². The molecule has 2 aromatic rings. The molecule has 0 amide bonds. The Bertz CT molecular complexity index is 753. The average Bonchev–Trinajstić information content (AvgIpc) is 3.04. The van der Waals surface area contributed by atoms with E-state index in [4.69, 9.17) is 10.5 Å². The van der Waals surface area contributed by atoms with Crippen LogP contribution in [0.3, 0.4) is 0 Å². The van der Waals surface area contributed by atoms with E-state index < -0.39 is 24.5 Å². The molecule has 1 fully saturated rings. The van der Waals surface area contributed by atoms with Crippen molar-refractivity contribution in [1.29, 1.82) is 0 Å². The van der Waals surface area contributed by atoms with Gasteiger partial charge in [-0.05, 0) is 20.8 Å². The second kappa shape index (κ2) is 5.88. The fraction of sp³-hybridized carbons (Fsp3) is 0.533. The van der Waals surface area contributed by atoms with Crippen molar-refractivity contribution in [2.24, 2.45) is 0 Å². The van der Waals surface area contributed by atoms with Crippen molar-refractivity contribution in [1.82, 2.24) is 14.5 Å². The van der Waals surface area contributed by atoms with E-state index in [2.05, 4.69) is 9.97 Å². The molecule has 3 heterocycles. The molecule has 0 radical (unpaired) electrons. The van der Waals surface area contributed by atoms with Crippen molar-refractivity contribution in [2.75, 3.05) is 5.73 Å². The Morgan fingerprint density at radius 1 is 1.39 bits per heavy atom. The van der Waals surface area contributed by atoms with Crippen LogP contribution in [-0.2, 0) is 11.3 Å². The molecule has 4 N–H and O–H groups in total. The van der Waals surface area contributed by atoms with Crippen LogP contribution < -0.4 is 10.3 Å². The van der Waals surface area contributed by atoms with E-state index >= 15 is 0 Å². The highest BCUT2D eigenvalue weighted by Crippen LogP contribution is 2.31. The number of anilines is 1. The van der Waals surface area contributed by atoms with Gasteiger partial charge in [0, 0.05) is 0 Å². The van der Waals surface area contributed by atoms with Crippen molar-refractivity contribution >= 4 is 17.0 Å². The highest BCUT2D eigenvalue weighted by atomic mass is 16.6. The molecular formula is C15H22N5O3+. The van der Waals surface area contributed by atoms with Gasteiger partial charge in [0.1, 0.15) is 18.5 Å². The summed E-state index contributed by atoms with van der Waals surface area (Å²) in [4.78, 5) is 8.69. The van der Waals surface area contributed by atoms with Gasteiger partial charge in [-0.25, -0.2) is 9.55 Å². The van der Waals surface area contributed by atoms with Crippen molar-refractivity contribution in [3.63, 3.8) is 0 Å². The number of imidazole rings is 1. The topological polar surface area (TPSA) is 110 Å². The SMILES string of the molecule is CC(C)=CC[n+]1cnc2c(ncn2[C@@H]2O[C@H](C)[C@@H](O)[C@H]2O)c1N.